The fourth-order valence-electron chi connectivity index (χ4n) is 5.15. The Morgan fingerprint density at radius 1 is 1.12 bits per heavy atom. The molecule has 3 atom stereocenters. The van der Waals surface area contributed by atoms with Crippen molar-refractivity contribution in [2.24, 2.45) is 0 Å². The Hall–Kier alpha value is -1.42. The minimum atomic E-state index is -0.340. The number of hydrogen-bond donors (Lipinski definition) is 1. The number of piperazine rings is 1. The summed E-state index contributed by atoms with van der Waals surface area (Å²) in [6.45, 7) is 5.19. The van der Waals surface area contributed by atoms with E-state index in [-0.39, 0.29) is 22.4 Å². The van der Waals surface area contributed by atoms with Crippen molar-refractivity contribution in [2.75, 3.05) is 13.6 Å². The SMILES string of the molecule is CN1C(Cl)CNC(c2ccc(F)cc2)(C2CCc3ccccc32)C1(C)C. The van der Waals surface area contributed by atoms with Gasteiger partial charge in [-0.1, -0.05) is 36.4 Å². The summed E-state index contributed by atoms with van der Waals surface area (Å²) < 4.78 is 13.7. The van der Waals surface area contributed by atoms with Gasteiger partial charge in [-0.05, 0) is 62.6 Å². The maximum atomic E-state index is 13.7. The van der Waals surface area contributed by atoms with Crippen LogP contribution in [0.25, 0.3) is 0 Å². The van der Waals surface area contributed by atoms with Crippen LogP contribution in [0.3, 0.4) is 0 Å². The van der Waals surface area contributed by atoms with Crippen LogP contribution in [0.4, 0.5) is 4.39 Å². The van der Waals surface area contributed by atoms with Gasteiger partial charge in [0.05, 0.1) is 11.0 Å². The van der Waals surface area contributed by atoms with Gasteiger partial charge < -0.3 is 5.32 Å². The second-order valence-corrected chi connectivity index (χ2v) is 8.59. The molecule has 2 aromatic carbocycles. The Balaban J connectivity index is 1.93. The second kappa shape index (κ2) is 6.33. The summed E-state index contributed by atoms with van der Waals surface area (Å²) >= 11 is 6.60. The molecule has 0 aromatic heterocycles. The normalized spacial score (nSPS) is 31.0. The van der Waals surface area contributed by atoms with Crippen LogP contribution in [0.15, 0.2) is 48.5 Å². The van der Waals surface area contributed by atoms with E-state index in [0.29, 0.717) is 12.5 Å². The maximum absolute atomic E-state index is 13.7. The lowest BCUT2D eigenvalue weighted by molar-refractivity contribution is -0.0260. The molecule has 4 rings (SSSR count). The summed E-state index contributed by atoms with van der Waals surface area (Å²) in [7, 11) is 2.09. The van der Waals surface area contributed by atoms with Crippen molar-refractivity contribution in [1.82, 2.24) is 10.2 Å². The highest BCUT2D eigenvalue weighted by Crippen LogP contribution is 2.54. The van der Waals surface area contributed by atoms with Crippen molar-refractivity contribution in [3.63, 3.8) is 0 Å². The maximum Gasteiger partial charge on any atom is 0.123 e. The van der Waals surface area contributed by atoms with Crippen LogP contribution < -0.4 is 5.32 Å². The minimum Gasteiger partial charge on any atom is -0.303 e. The summed E-state index contributed by atoms with van der Waals surface area (Å²) in [6.07, 6.45) is 2.16. The van der Waals surface area contributed by atoms with Crippen molar-refractivity contribution in [3.8, 4) is 0 Å². The number of aryl methyl sites for hydroxylation is 1. The number of fused-ring (bicyclic) bond motifs is 1. The first kappa shape index (κ1) is 18.0. The van der Waals surface area contributed by atoms with E-state index in [1.54, 1.807) is 12.1 Å². The first-order valence-corrected chi connectivity index (χ1v) is 9.77. The van der Waals surface area contributed by atoms with E-state index in [1.165, 1.54) is 11.1 Å². The van der Waals surface area contributed by atoms with E-state index in [1.807, 2.05) is 12.1 Å². The van der Waals surface area contributed by atoms with E-state index in [9.17, 15) is 4.39 Å². The van der Waals surface area contributed by atoms with E-state index in [0.717, 1.165) is 18.4 Å². The van der Waals surface area contributed by atoms with E-state index < -0.39 is 0 Å². The molecule has 1 aliphatic carbocycles. The Morgan fingerprint density at radius 3 is 2.54 bits per heavy atom. The third kappa shape index (κ3) is 2.45. The molecule has 0 bridgehead atoms. The molecule has 3 unspecified atom stereocenters. The van der Waals surface area contributed by atoms with Gasteiger partial charge in [0.25, 0.3) is 0 Å². The molecule has 1 aliphatic heterocycles. The monoisotopic (exact) mass is 372 g/mol. The predicted octanol–water partition coefficient (Wildman–Crippen LogP) is 4.63. The van der Waals surface area contributed by atoms with Gasteiger partial charge in [-0.15, -0.1) is 11.6 Å². The number of benzene rings is 2. The molecule has 26 heavy (non-hydrogen) atoms. The highest BCUT2D eigenvalue weighted by atomic mass is 35.5. The molecular formula is C22H26ClFN2. The predicted molar refractivity (Wildman–Crippen MR) is 105 cm³/mol. The van der Waals surface area contributed by atoms with E-state index in [2.05, 4.69) is 55.4 Å². The molecule has 2 nitrogen and oxygen atoms in total. The van der Waals surface area contributed by atoms with E-state index in [4.69, 9.17) is 11.6 Å². The van der Waals surface area contributed by atoms with Gasteiger partial charge in [-0.25, -0.2) is 4.39 Å². The Morgan fingerprint density at radius 2 is 1.81 bits per heavy atom. The first-order valence-electron chi connectivity index (χ1n) is 9.34. The summed E-state index contributed by atoms with van der Waals surface area (Å²) in [6, 6.07) is 15.7. The van der Waals surface area contributed by atoms with E-state index >= 15 is 0 Å². The van der Waals surface area contributed by atoms with Crippen molar-refractivity contribution in [3.05, 3.63) is 71.0 Å². The topological polar surface area (TPSA) is 15.3 Å². The molecule has 4 heteroatoms. The average Bonchev–Trinajstić information content (AvgIpc) is 3.06. The number of likely N-dealkylation sites (N-methyl/N-ethyl adjacent to an activating group) is 1. The molecule has 1 fully saturated rings. The third-order valence-corrected chi connectivity index (χ3v) is 7.22. The first-order chi connectivity index (χ1) is 12.4. The fraction of sp³-hybridized carbons (Fsp3) is 0.455. The van der Waals surface area contributed by atoms with Crippen LogP contribution in [-0.2, 0) is 12.0 Å². The Labute approximate surface area is 160 Å². The molecule has 2 aliphatic rings. The van der Waals surface area contributed by atoms with Gasteiger partial charge in [0.2, 0.25) is 0 Å². The Kier molecular flexibility index (Phi) is 4.37. The Bertz CT molecular complexity index is 804. The van der Waals surface area contributed by atoms with Gasteiger partial charge in [0, 0.05) is 18.0 Å². The molecule has 2 aromatic rings. The van der Waals surface area contributed by atoms with Crippen LogP contribution in [0, 0.1) is 5.82 Å². The zero-order valence-corrected chi connectivity index (χ0v) is 16.4. The van der Waals surface area contributed by atoms with Crippen LogP contribution in [0.1, 0.15) is 42.9 Å². The zero-order chi connectivity index (χ0) is 18.5. The summed E-state index contributed by atoms with van der Waals surface area (Å²) in [5, 5.41) is 3.83. The largest absolute Gasteiger partial charge is 0.303 e. The van der Waals surface area contributed by atoms with Crippen molar-refractivity contribution in [2.45, 2.75) is 49.2 Å². The van der Waals surface area contributed by atoms with Gasteiger partial charge in [0.15, 0.2) is 0 Å². The average molecular weight is 373 g/mol. The van der Waals surface area contributed by atoms with Gasteiger partial charge >= 0.3 is 0 Å². The number of rotatable bonds is 2. The zero-order valence-electron chi connectivity index (χ0n) is 15.6. The summed E-state index contributed by atoms with van der Waals surface area (Å²) in [5.41, 5.74) is 3.28. The molecule has 1 saturated heterocycles. The van der Waals surface area contributed by atoms with Gasteiger partial charge in [-0.2, -0.15) is 0 Å². The van der Waals surface area contributed by atoms with Crippen LogP contribution >= 0.6 is 11.6 Å². The fourth-order valence-corrected chi connectivity index (χ4v) is 5.47. The van der Waals surface area contributed by atoms with Crippen LogP contribution in [0.5, 0.6) is 0 Å². The molecule has 0 amide bonds. The molecule has 0 spiro atoms. The van der Waals surface area contributed by atoms with Crippen molar-refractivity contribution >= 4 is 11.6 Å². The number of nitrogens with zero attached hydrogens (tertiary/aromatic N) is 1. The van der Waals surface area contributed by atoms with Crippen LogP contribution in [0.2, 0.25) is 0 Å². The summed E-state index contributed by atoms with van der Waals surface area (Å²) in [4.78, 5) is 2.26. The van der Waals surface area contributed by atoms with Gasteiger partial charge in [-0.3, -0.25) is 4.90 Å². The standard InChI is InChI=1S/C22H26ClFN2/c1-21(2)22(25-14-20(23)26(21)3,16-9-11-17(24)12-10-16)19-13-8-15-6-4-5-7-18(15)19/h4-7,9-12,19-20,25H,8,13-14H2,1-3H3. The lowest BCUT2D eigenvalue weighted by atomic mass is 9.62. The summed E-state index contributed by atoms with van der Waals surface area (Å²) in [5.74, 6) is 0.110. The third-order valence-electron chi connectivity index (χ3n) is 6.77. The number of alkyl halides is 1. The molecule has 0 saturated carbocycles. The minimum absolute atomic E-state index is 0.0739. The van der Waals surface area contributed by atoms with Crippen molar-refractivity contribution in [1.29, 1.82) is 0 Å². The van der Waals surface area contributed by atoms with Crippen LogP contribution in [-0.4, -0.2) is 29.5 Å². The number of nitrogens with one attached hydrogen (secondary N) is 1. The number of hydrogen-bond acceptors (Lipinski definition) is 2. The molecule has 1 heterocycles. The lowest BCUT2D eigenvalue weighted by Crippen LogP contribution is -2.73. The highest BCUT2D eigenvalue weighted by Gasteiger charge is 2.58. The lowest BCUT2D eigenvalue weighted by Gasteiger charge is -2.60. The molecule has 0 radical (unpaired) electrons. The van der Waals surface area contributed by atoms with Gasteiger partial charge in [0.1, 0.15) is 5.82 Å². The highest BCUT2D eigenvalue weighted by molar-refractivity contribution is 6.20. The molecular weight excluding hydrogens is 347 g/mol. The second-order valence-electron chi connectivity index (χ2n) is 8.09. The molecule has 1 N–H and O–H groups in total. The van der Waals surface area contributed by atoms with Crippen molar-refractivity contribution < 1.29 is 4.39 Å². The number of halogens is 2. The quantitative estimate of drug-likeness (QED) is 0.610. The molecule has 138 valence electrons. The smallest absolute Gasteiger partial charge is 0.123 e.